The molecule has 3 nitrogen and oxygen atoms in total. The third-order valence-corrected chi connectivity index (χ3v) is 8.90. The van der Waals surface area contributed by atoms with Crippen molar-refractivity contribution in [2.45, 2.75) is 62.1 Å². The van der Waals surface area contributed by atoms with Crippen LogP contribution in [0.3, 0.4) is 0 Å². The lowest BCUT2D eigenvalue weighted by atomic mass is 9.62. The van der Waals surface area contributed by atoms with Crippen LogP contribution in [0, 0.1) is 0 Å². The van der Waals surface area contributed by atoms with Gasteiger partial charge in [-0.1, -0.05) is 116 Å². The van der Waals surface area contributed by atoms with Gasteiger partial charge in [0.1, 0.15) is 0 Å². The summed E-state index contributed by atoms with van der Waals surface area (Å²) in [5, 5.41) is 0.834. The predicted molar refractivity (Wildman–Crippen MR) is 149 cm³/mol. The number of aromatic nitrogens is 2. The normalized spacial score (nSPS) is 15.9. The minimum Gasteiger partial charge on any atom is -0.283 e. The third-order valence-electron chi connectivity index (χ3n) is 7.92. The first kappa shape index (κ1) is 23.3. The third kappa shape index (κ3) is 4.43. The summed E-state index contributed by atoms with van der Waals surface area (Å²) < 4.78 is 1.97. The Kier molecular flexibility index (Phi) is 6.54. The molecule has 4 heteroatoms. The maximum absolute atomic E-state index is 14.5. The van der Waals surface area contributed by atoms with Crippen LogP contribution >= 0.6 is 11.8 Å². The van der Waals surface area contributed by atoms with E-state index in [0.29, 0.717) is 6.54 Å². The molecule has 0 saturated heterocycles. The predicted octanol–water partition coefficient (Wildman–Crippen LogP) is 7.05. The van der Waals surface area contributed by atoms with Gasteiger partial charge in [0.25, 0.3) is 5.56 Å². The van der Waals surface area contributed by atoms with E-state index in [1.165, 1.54) is 30.4 Å². The second kappa shape index (κ2) is 10.1. The van der Waals surface area contributed by atoms with E-state index in [4.69, 9.17) is 4.98 Å². The molecule has 2 aliphatic carbocycles. The maximum Gasteiger partial charge on any atom is 0.258 e. The molecule has 36 heavy (non-hydrogen) atoms. The number of hydrogen-bond donors (Lipinski definition) is 0. The van der Waals surface area contributed by atoms with E-state index in [-0.39, 0.29) is 11.0 Å². The molecule has 1 spiro atoms. The molecular formula is C32H32N2OS. The summed E-state index contributed by atoms with van der Waals surface area (Å²) in [6.07, 6.45) is 7.70. The van der Waals surface area contributed by atoms with E-state index in [2.05, 4.69) is 66.7 Å². The fourth-order valence-corrected chi connectivity index (χ4v) is 7.12. The highest BCUT2D eigenvalue weighted by Gasteiger charge is 2.43. The van der Waals surface area contributed by atoms with Gasteiger partial charge in [0.15, 0.2) is 5.16 Å². The fraction of sp³-hybridized carbons (Fsp3) is 0.312. The summed E-state index contributed by atoms with van der Waals surface area (Å²) in [4.78, 5) is 19.8. The second-order valence-electron chi connectivity index (χ2n) is 10.3. The second-order valence-corrected chi connectivity index (χ2v) is 11.3. The number of rotatable bonds is 6. The minimum absolute atomic E-state index is 0.0856. The molecule has 0 radical (unpaired) electrons. The van der Waals surface area contributed by atoms with Crippen LogP contribution in [-0.2, 0) is 24.8 Å². The molecular weight excluding hydrogens is 460 g/mol. The van der Waals surface area contributed by atoms with Gasteiger partial charge in [-0.25, -0.2) is 4.98 Å². The number of hydrogen-bond acceptors (Lipinski definition) is 3. The monoisotopic (exact) mass is 492 g/mol. The Morgan fingerprint density at radius 2 is 1.47 bits per heavy atom. The highest BCUT2D eigenvalue weighted by atomic mass is 32.2. The molecule has 4 aromatic rings. The van der Waals surface area contributed by atoms with Crippen molar-refractivity contribution in [3.05, 3.63) is 118 Å². The first-order valence-electron chi connectivity index (χ1n) is 13.2. The first-order chi connectivity index (χ1) is 17.7. The molecule has 3 aromatic carbocycles. The Hall–Kier alpha value is -3.11. The van der Waals surface area contributed by atoms with Crippen molar-refractivity contribution in [3.8, 4) is 11.3 Å². The van der Waals surface area contributed by atoms with Crippen molar-refractivity contribution >= 4 is 11.8 Å². The van der Waals surface area contributed by atoms with E-state index >= 15 is 0 Å². The Labute approximate surface area is 217 Å². The van der Waals surface area contributed by atoms with Crippen LogP contribution in [0.5, 0.6) is 0 Å². The summed E-state index contributed by atoms with van der Waals surface area (Å²) in [6.45, 7) is 0.561. The van der Waals surface area contributed by atoms with E-state index in [1.54, 1.807) is 11.8 Å². The topological polar surface area (TPSA) is 34.9 Å². The van der Waals surface area contributed by atoms with Crippen LogP contribution < -0.4 is 5.56 Å². The lowest BCUT2D eigenvalue weighted by Crippen LogP contribution is -2.43. The van der Waals surface area contributed by atoms with Crippen molar-refractivity contribution in [1.29, 1.82) is 0 Å². The lowest BCUT2D eigenvalue weighted by Gasteiger charge is -2.42. The van der Waals surface area contributed by atoms with Crippen LogP contribution in [0.15, 0.2) is 94.9 Å². The highest BCUT2D eigenvalue weighted by molar-refractivity contribution is 7.99. The van der Waals surface area contributed by atoms with Crippen LogP contribution in [0.1, 0.15) is 54.4 Å². The van der Waals surface area contributed by atoms with Gasteiger partial charge in [-0.3, -0.25) is 9.36 Å². The van der Waals surface area contributed by atoms with E-state index in [9.17, 15) is 4.79 Å². The maximum atomic E-state index is 14.5. The summed E-state index contributed by atoms with van der Waals surface area (Å²) in [5.74, 6) is 0.886. The standard InChI is InChI=1S/C32H32N2OS/c35-30-28-29(27-17-9-8-16-26(27)22-32(28)19-10-3-11-20-32)33-31(34(30)23-25-14-6-2-7-15-25)36-21-18-24-12-4-1-5-13-24/h1-2,4-9,12-17H,3,10-11,18-23H2. The van der Waals surface area contributed by atoms with Crippen LogP contribution in [0.25, 0.3) is 11.3 Å². The molecule has 1 aromatic heterocycles. The number of aryl methyl sites for hydroxylation is 1. The van der Waals surface area contributed by atoms with E-state index < -0.39 is 0 Å². The Morgan fingerprint density at radius 1 is 0.806 bits per heavy atom. The first-order valence-corrected chi connectivity index (χ1v) is 14.2. The van der Waals surface area contributed by atoms with Crippen LogP contribution in [0.2, 0.25) is 0 Å². The molecule has 1 fully saturated rings. The molecule has 1 saturated carbocycles. The van der Waals surface area contributed by atoms with Crippen molar-refractivity contribution in [1.82, 2.24) is 9.55 Å². The molecule has 0 unspecified atom stereocenters. The lowest BCUT2D eigenvalue weighted by molar-refractivity contribution is 0.282. The summed E-state index contributed by atoms with van der Waals surface area (Å²) in [6, 6.07) is 29.5. The SMILES string of the molecule is O=c1c2c(nc(SCCc3ccccc3)n1Cc1ccccc1)-c1ccccc1CC21CCCCC1. The molecule has 1 heterocycles. The van der Waals surface area contributed by atoms with Crippen molar-refractivity contribution in [3.63, 3.8) is 0 Å². The van der Waals surface area contributed by atoms with Gasteiger partial charge < -0.3 is 0 Å². The molecule has 0 N–H and O–H groups in total. The summed E-state index contributed by atoms with van der Waals surface area (Å²) in [5.41, 5.74) is 6.95. The number of nitrogens with zero attached hydrogens (tertiary/aromatic N) is 2. The Bertz CT molecular complexity index is 1410. The molecule has 2 aliphatic rings. The Morgan fingerprint density at radius 3 is 2.22 bits per heavy atom. The van der Waals surface area contributed by atoms with Gasteiger partial charge in [-0.15, -0.1) is 0 Å². The zero-order chi connectivity index (χ0) is 24.4. The molecule has 0 amide bonds. The Balaban J connectivity index is 1.47. The van der Waals surface area contributed by atoms with Crippen LogP contribution in [0.4, 0.5) is 0 Å². The van der Waals surface area contributed by atoms with Crippen LogP contribution in [-0.4, -0.2) is 15.3 Å². The number of benzene rings is 3. The van der Waals surface area contributed by atoms with Gasteiger partial charge in [-0.05, 0) is 42.4 Å². The van der Waals surface area contributed by atoms with Crippen molar-refractivity contribution < 1.29 is 0 Å². The number of thioether (sulfide) groups is 1. The van der Waals surface area contributed by atoms with Crippen molar-refractivity contribution in [2.24, 2.45) is 0 Å². The number of fused-ring (bicyclic) bond motifs is 4. The molecule has 6 rings (SSSR count). The summed E-state index contributed by atoms with van der Waals surface area (Å²) in [7, 11) is 0. The largest absolute Gasteiger partial charge is 0.283 e. The molecule has 0 aliphatic heterocycles. The average Bonchev–Trinajstić information content (AvgIpc) is 2.92. The fourth-order valence-electron chi connectivity index (χ4n) is 6.14. The van der Waals surface area contributed by atoms with Gasteiger partial charge in [0.05, 0.1) is 17.8 Å². The molecule has 182 valence electrons. The quantitative estimate of drug-likeness (QED) is 0.214. The zero-order valence-corrected chi connectivity index (χ0v) is 21.5. The minimum atomic E-state index is -0.0856. The average molecular weight is 493 g/mol. The van der Waals surface area contributed by atoms with Gasteiger partial charge in [-0.2, -0.15) is 0 Å². The zero-order valence-electron chi connectivity index (χ0n) is 20.7. The smallest absolute Gasteiger partial charge is 0.258 e. The van der Waals surface area contributed by atoms with Crippen molar-refractivity contribution in [2.75, 3.05) is 5.75 Å². The summed E-state index contributed by atoms with van der Waals surface area (Å²) >= 11 is 1.71. The van der Waals surface area contributed by atoms with Gasteiger partial charge in [0, 0.05) is 16.7 Å². The van der Waals surface area contributed by atoms with E-state index in [0.717, 1.165) is 59.0 Å². The highest BCUT2D eigenvalue weighted by Crippen LogP contribution is 2.48. The van der Waals surface area contributed by atoms with Gasteiger partial charge >= 0.3 is 0 Å². The molecule has 0 atom stereocenters. The van der Waals surface area contributed by atoms with Gasteiger partial charge in [0.2, 0.25) is 0 Å². The molecule has 0 bridgehead atoms. The van der Waals surface area contributed by atoms with E-state index in [1.807, 2.05) is 22.8 Å².